The maximum absolute atomic E-state index is 11.3. The average molecular weight is 259 g/mol. The predicted molar refractivity (Wildman–Crippen MR) is 74.9 cm³/mol. The van der Waals surface area contributed by atoms with Crippen molar-refractivity contribution in [3.05, 3.63) is 51.9 Å². The van der Waals surface area contributed by atoms with Crippen LogP contribution in [0.5, 0.6) is 5.75 Å². The molecule has 0 saturated carbocycles. The van der Waals surface area contributed by atoms with Gasteiger partial charge in [0.1, 0.15) is 5.75 Å². The van der Waals surface area contributed by atoms with Gasteiger partial charge in [0, 0.05) is 29.6 Å². The third-order valence-electron chi connectivity index (χ3n) is 2.97. The lowest BCUT2D eigenvalue weighted by molar-refractivity contribution is 0.474. The van der Waals surface area contributed by atoms with Crippen LogP contribution < -0.4 is 5.56 Å². The van der Waals surface area contributed by atoms with Crippen LogP contribution >= 0.6 is 0 Å². The van der Waals surface area contributed by atoms with E-state index in [1.807, 2.05) is 19.1 Å². The highest BCUT2D eigenvalue weighted by molar-refractivity contribution is 6.00. The number of aromatic nitrogens is 2. The summed E-state index contributed by atoms with van der Waals surface area (Å²) in [6, 6.07) is 7.14. The lowest BCUT2D eigenvalue weighted by Crippen LogP contribution is -2.06. The molecule has 0 saturated heterocycles. The van der Waals surface area contributed by atoms with Crippen molar-refractivity contribution in [3.63, 3.8) is 0 Å². The summed E-state index contributed by atoms with van der Waals surface area (Å²) < 4.78 is 0. The second-order valence-corrected chi connectivity index (χ2v) is 4.36. The number of H-pyrrole nitrogens is 2. The summed E-state index contributed by atoms with van der Waals surface area (Å²) >= 11 is 0. The largest absolute Gasteiger partial charge is 0.507 e. The number of nitrogens with zero attached hydrogens (tertiary/aromatic N) is 1. The van der Waals surface area contributed by atoms with Crippen LogP contribution in [0.25, 0.3) is 0 Å². The first-order valence-electron chi connectivity index (χ1n) is 6.23. The Labute approximate surface area is 111 Å². The Hall–Kier alpha value is -2.30. The van der Waals surface area contributed by atoms with Crippen LogP contribution in [0.1, 0.15) is 24.5 Å². The molecule has 0 radical (unpaired) electrons. The third-order valence-corrected chi connectivity index (χ3v) is 2.97. The second kappa shape index (κ2) is 6.04. The minimum absolute atomic E-state index is 0.0681. The highest BCUT2D eigenvalue weighted by Gasteiger charge is 2.03. The van der Waals surface area contributed by atoms with E-state index in [2.05, 4.69) is 15.2 Å². The minimum atomic E-state index is -0.0681. The van der Waals surface area contributed by atoms with Crippen molar-refractivity contribution in [1.29, 1.82) is 0 Å². The van der Waals surface area contributed by atoms with Crippen molar-refractivity contribution in [2.45, 2.75) is 19.8 Å². The van der Waals surface area contributed by atoms with Crippen LogP contribution in [0.4, 0.5) is 0 Å². The van der Waals surface area contributed by atoms with Crippen molar-refractivity contribution in [2.75, 3.05) is 6.54 Å². The molecule has 0 fully saturated rings. The van der Waals surface area contributed by atoms with Gasteiger partial charge in [-0.05, 0) is 31.9 Å². The van der Waals surface area contributed by atoms with Gasteiger partial charge in [-0.15, -0.1) is 0 Å². The molecule has 0 bridgehead atoms. The summed E-state index contributed by atoms with van der Waals surface area (Å²) in [6.45, 7) is 2.50. The number of hydrogen-bond donors (Lipinski definition) is 3. The number of rotatable bonds is 5. The van der Waals surface area contributed by atoms with E-state index in [-0.39, 0.29) is 11.3 Å². The first-order valence-corrected chi connectivity index (χ1v) is 6.23. The number of phenols is 1. The Morgan fingerprint density at radius 2 is 2.16 bits per heavy atom. The molecule has 0 amide bonds. The molecule has 0 aliphatic rings. The first-order chi connectivity index (χ1) is 9.18. The topological polar surface area (TPSA) is 81.2 Å². The quantitative estimate of drug-likeness (QED) is 0.565. The lowest BCUT2D eigenvalue weighted by Gasteiger charge is -2.03. The summed E-state index contributed by atoms with van der Waals surface area (Å²) in [5, 5.41) is 14.9. The Morgan fingerprint density at radius 3 is 2.84 bits per heavy atom. The molecule has 1 aromatic carbocycles. The van der Waals surface area contributed by atoms with Gasteiger partial charge in [0.25, 0.3) is 5.56 Å². The second-order valence-electron chi connectivity index (χ2n) is 4.36. The monoisotopic (exact) mass is 259 g/mol. The van der Waals surface area contributed by atoms with Gasteiger partial charge in [-0.1, -0.05) is 12.1 Å². The van der Waals surface area contributed by atoms with E-state index < -0.39 is 0 Å². The van der Waals surface area contributed by atoms with Gasteiger partial charge in [0.2, 0.25) is 0 Å². The van der Waals surface area contributed by atoms with E-state index in [4.69, 9.17) is 0 Å². The van der Waals surface area contributed by atoms with Crippen molar-refractivity contribution in [2.24, 2.45) is 4.99 Å². The minimum Gasteiger partial charge on any atom is -0.507 e. The van der Waals surface area contributed by atoms with E-state index in [9.17, 15) is 9.90 Å². The van der Waals surface area contributed by atoms with Crippen molar-refractivity contribution in [1.82, 2.24) is 10.2 Å². The molecule has 100 valence electrons. The zero-order valence-electron chi connectivity index (χ0n) is 10.8. The Balaban J connectivity index is 1.91. The summed E-state index contributed by atoms with van der Waals surface area (Å²) in [5.41, 5.74) is 2.24. The molecule has 1 heterocycles. The van der Waals surface area contributed by atoms with E-state index in [1.54, 1.807) is 18.3 Å². The highest BCUT2D eigenvalue weighted by Crippen LogP contribution is 2.16. The number of phenolic OH excluding ortho intramolecular Hbond substituents is 1. The zero-order chi connectivity index (χ0) is 13.7. The normalized spacial score (nSPS) is 11.7. The van der Waals surface area contributed by atoms with Gasteiger partial charge in [-0.3, -0.25) is 14.9 Å². The molecule has 0 atom stereocenters. The summed E-state index contributed by atoms with van der Waals surface area (Å²) in [6.07, 6.45) is 3.17. The molecule has 0 aliphatic heterocycles. The molecule has 19 heavy (non-hydrogen) atoms. The van der Waals surface area contributed by atoms with Crippen LogP contribution in [0.15, 0.2) is 40.2 Å². The van der Waals surface area contributed by atoms with Crippen LogP contribution in [-0.4, -0.2) is 27.6 Å². The summed E-state index contributed by atoms with van der Waals surface area (Å²) in [7, 11) is 0. The van der Waals surface area contributed by atoms with Crippen molar-refractivity contribution in [3.8, 4) is 5.75 Å². The van der Waals surface area contributed by atoms with Gasteiger partial charge in [0.15, 0.2) is 0 Å². The van der Waals surface area contributed by atoms with Gasteiger partial charge in [-0.25, -0.2) is 0 Å². The molecule has 0 aliphatic carbocycles. The van der Waals surface area contributed by atoms with E-state index in [0.29, 0.717) is 13.0 Å². The number of benzene rings is 1. The van der Waals surface area contributed by atoms with Gasteiger partial charge >= 0.3 is 0 Å². The fraction of sp³-hybridized carbons (Fsp3) is 0.286. The van der Waals surface area contributed by atoms with Crippen molar-refractivity contribution < 1.29 is 5.11 Å². The van der Waals surface area contributed by atoms with Crippen LogP contribution in [0.2, 0.25) is 0 Å². The van der Waals surface area contributed by atoms with Crippen LogP contribution in [-0.2, 0) is 6.42 Å². The molecule has 2 rings (SSSR count). The zero-order valence-corrected chi connectivity index (χ0v) is 10.8. The number of aromatic hydroxyl groups is 1. The molecular formula is C14H17N3O2. The number of aliphatic imine (C=N–C) groups is 1. The maximum atomic E-state index is 11.3. The average Bonchev–Trinajstić information content (AvgIpc) is 2.80. The Kier molecular flexibility index (Phi) is 4.18. The highest BCUT2D eigenvalue weighted by atomic mass is 16.3. The predicted octanol–water partition coefficient (Wildman–Crippen LogP) is 1.85. The fourth-order valence-corrected chi connectivity index (χ4v) is 1.90. The summed E-state index contributed by atoms with van der Waals surface area (Å²) in [5.74, 6) is 0.242. The molecule has 1 aromatic heterocycles. The van der Waals surface area contributed by atoms with Gasteiger partial charge in [-0.2, -0.15) is 0 Å². The van der Waals surface area contributed by atoms with Gasteiger partial charge in [0.05, 0.1) is 0 Å². The standard InChI is InChI=1S/C14H17N3O2/c1-10(12-6-2-3-7-13(12)18)15-8-4-5-11-9-16-17-14(11)19/h2-3,6-7,9,18H,4-5,8H2,1H3,(H2,16,17,19). The van der Waals surface area contributed by atoms with Gasteiger partial charge < -0.3 is 10.2 Å². The van der Waals surface area contributed by atoms with E-state index in [0.717, 1.165) is 23.3 Å². The smallest absolute Gasteiger partial charge is 0.267 e. The molecule has 5 heteroatoms. The number of aryl methyl sites for hydroxylation is 1. The molecule has 0 spiro atoms. The van der Waals surface area contributed by atoms with Crippen LogP contribution in [0.3, 0.4) is 0 Å². The van der Waals surface area contributed by atoms with E-state index in [1.165, 1.54) is 0 Å². The number of nitrogens with one attached hydrogen (secondary N) is 2. The van der Waals surface area contributed by atoms with Crippen LogP contribution in [0, 0.1) is 0 Å². The first kappa shape index (κ1) is 13.1. The number of hydrogen-bond acceptors (Lipinski definition) is 3. The molecule has 5 nitrogen and oxygen atoms in total. The molecular weight excluding hydrogens is 242 g/mol. The van der Waals surface area contributed by atoms with E-state index >= 15 is 0 Å². The fourth-order valence-electron chi connectivity index (χ4n) is 1.90. The number of aromatic amines is 2. The van der Waals surface area contributed by atoms with Crippen molar-refractivity contribution >= 4 is 5.71 Å². The SMILES string of the molecule is CC(=NCCCc1c[nH][nH]c1=O)c1ccccc1O. The Bertz CT molecular complexity index is 625. The lowest BCUT2D eigenvalue weighted by atomic mass is 10.1. The Morgan fingerprint density at radius 1 is 1.37 bits per heavy atom. The number of para-hydroxylation sites is 1. The molecule has 0 unspecified atom stereocenters. The maximum Gasteiger partial charge on any atom is 0.267 e. The third kappa shape index (κ3) is 3.34. The molecule has 2 aromatic rings. The molecule has 3 N–H and O–H groups in total. The summed E-state index contributed by atoms with van der Waals surface area (Å²) in [4.78, 5) is 15.7.